The molecule has 170 valence electrons. The van der Waals surface area contributed by atoms with Crippen LogP contribution in [0.3, 0.4) is 0 Å². The first kappa shape index (κ1) is 25.1. The lowest BCUT2D eigenvalue weighted by molar-refractivity contribution is 0.371. The van der Waals surface area contributed by atoms with Crippen LogP contribution in [0.2, 0.25) is 10.0 Å². The molecule has 1 aromatic heterocycles. The molecular formula is C18H21Cl2N2O5PS3. The summed E-state index contributed by atoms with van der Waals surface area (Å²) in [6.07, 6.45) is 8.28. The van der Waals surface area contributed by atoms with Gasteiger partial charge in [-0.3, -0.25) is 4.57 Å². The molecule has 3 rings (SSSR count). The van der Waals surface area contributed by atoms with Crippen LogP contribution in [0, 0.1) is 0 Å². The maximum atomic E-state index is 12.4. The van der Waals surface area contributed by atoms with Crippen molar-refractivity contribution in [2.24, 2.45) is 0 Å². The van der Waals surface area contributed by atoms with Crippen molar-refractivity contribution in [1.29, 1.82) is 0 Å². The number of allylic oxidation sites excluding steroid dienone is 2. The maximum absolute atomic E-state index is 12.4. The van der Waals surface area contributed by atoms with Crippen molar-refractivity contribution >= 4 is 74.0 Å². The minimum absolute atomic E-state index is 0.104. The number of fused-ring (bicyclic) bond motifs is 1. The van der Waals surface area contributed by atoms with Gasteiger partial charge < -0.3 is 14.7 Å². The maximum Gasteiger partial charge on any atom is 0.340 e. The van der Waals surface area contributed by atoms with Crippen LogP contribution < -0.4 is 4.72 Å². The monoisotopic (exact) mass is 542 g/mol. The zero-order chi connectivity index (χ0) is 22.6. The summed E-state index contributed by atoms with van der Waals surface area (Å²) in [6, 6.07) is 3.13. The summed E-state index contributed by atoms with van der Waals surface area (Å²) < 4.78 is 38.1. The SMILES string of the molecule is O=P(O)(O)CNS(=O)(=O)c1cc2c(Cl)c(CSCCCN3C=CC=CC3)cc(Cl)c2s1. The average Bonchev–Trinajstić information content (AvgIpc) is 3.18. The van der Waals surface area contributed by atoms with Gasteiger partial charge in [0.2, 0.25) is 0 Å². The highest BCUT2D eigenvalue weighted by Gasteiger charge is 2.24. The van der Waals surface area contributed by atoms with E-state index in [0.29, 0.717) is 25.9 Å². The number of benzene rings is 1. The quantitative estimate of drug-likeness (QED) is 0.296. The number of rotatable bonds is 10. The molecule has 0 atom stereocenters. The smallest absolute Gasteiger partial charge is 0.340 e. The van der Waals surface area contributed by atoms with Crippen LogP contribution in [-0.2, 0) is 20.3 Å². The van der Waals surface area contributed by atoms with E-state index in [9.17, 15) is 13.0 Å². The molecule has 3 N–H and O–H groups in total. The lowest BCUT2D eigenvalue weighted by Gasteiger charge is -2.20. The van der Waals surface area contributed by atoms with Crippen LogP contribution in [0.15, 0.2) is 40.8 Å². The Morgan fingerprint density at radius 1 is 1.26 bits per heavy atom. The van der Waals surface area contributed by atoms with Crippen molar-refractivity contribution in [3.05, 3.63) is 52.2 Å². The molecule has 0 unspecified atom stereocenters. The van der Waals surface area contributed by atoms with Crippen molar-refractivity contribution in [3.63, 3.8) is 0 Å². The van der Waals surface area contributed by atoms with E-state index in [2.05, 4.69) is 17.2 Å². The number of thiophene rings is 1. The van der Waals surface area contributed by atoms with Gasteiger partial charge in [0.25, 0.3) is 10.0 Å². The average molecular weight is 543 g/mol. The number of nitrogens with one attached hydrogen (secondary N) is 1. The summed E-state index contributed by atoms with van der Waals surface area (Å²) >= 11 is 15.5. The van der Waals surface area contributed by atoms with Gasteiger partial charge in [-0.25, -0.2) is 8.42 Å². The number of nitrogens with zero attached hydrogens (tertiary/aromatic N) is 1. The fraction of sp³-hybridized carbons (Fsp3) is 0.333. The molecule has 0 radical (unpaired) electrons. The third kappa shape index (κ3) is 6.96. The summed E-state index contributed by atoms with van der Waals surface area (Å²) in [4.78, 5) is 20.1. The van der Waals surface area contributed by atoms with Crippen LogP contribution in [0.1, 0.15) is 12.0 Å². The largest absolute Gasteiger partial charge is 0.374 e. The molecule has 0 saturated carbocycles. The molecule has 7 nitrogen and oxygen atoms in total. The minimum atomic E-state index is -4.52. The Kier molecular flexibility index (Phi) is 8.57. The fourth-order valence-corrected chi connectivity index (χ4v) is 7.98. The van der Waals surface area contributed by atoms with Gasteiger partial charge in [-0.05, 0) is 42.1 Å². The van der Waals surface area contributed by atoms with E-state index < -0.39 is 23.9 Å². The molecule has 1 aliphatic heterocycles. The predicted octanol–water partition coefficient (Wildman–Crippen LogP) is 4.63. The second-order valence-electron chi connectivity index (χ2n) is 6.78. The fourth-order valence-electron chi connectivity index (χ4n) is 2.87. The zero-order valence-electron chi connectivity index (χ0n) is 16.2. The number of hydrogen-bond acceptors (Lipinski definition) is 6. The number of thioether (sulfide) groups is 1. The second kappa shape index (κ2) is 10.6. The third-order valence-corrected chi connectivity index (χ3v) is 10.1. The Balaban J connectivity index is 1.67. The number of hydrogen-bond donors (Lipinski definition) is 3. The van der Waals surface area contributed by atoms with Gasteiger partial charge in [0.05, 0.1) is 14.7 Å². The Morgan fingerprint density at radius 3 is 2.71 bits per heavy atom. The van der Waals surface area contributed by atoms with Gasteiger partial charge in [-0.2, -0.15) is 16.5 Å². The molecule has 0 bridgehead atoms. The molecule has 2 heterocycles. The van der Waals surface area contributed by atoms with Crippen molar-refractivity contribution in [2.75, 3.05) is 25.1 Å². The number of sulfonamides is 1. The van der Waals surface area contributed by atoms with Crippen LogP contribution in [-0.4, -0.2) is 48.2 Å². The lowest BCUT2D eigenvalue weighted by atomic mass is 10.2. The summed E-state index contributed by atoms with van der Waals surface area (Å²) in [5.41, 5.74) is 0.815. The molecule has 0 spiro atoms. The summed E-state index contributed by atoms with van der Waals surface area (Å²) in [5, 5.41) is 1.34. The van der Waals surface area contributed by atoms with Gasteiger partial charge in [0.15, 0.2) is 0 Å². The van der Waals surface area contributed by atoms with E-state index in [1.807, 2.05) is 16.9 Å². The van der Waals surface area contributed by atoms with Crippen molar-refractivity contribution in [3.8, 4) is 0 Å². The Bertz CT molecular complexity index is 1160. The predicted molar refractivity (Wildman–Crippen MR) is 130 cm³/mol. The van der Waals surface area contributed by atoms with E-state index in [-0.39, 0.29) is 4.21 Å². The highest BCUT2D eigenvalue weighted by atomic mass is 35.5. The van der Waals surface area contributed by atoms with Gasteiger partial charge in [0.1, 0.15) is 10.5 Å². The normalized spacial score (nSPS) is 14.6. The van der Waals surface area contributed by atoms with Gasteiger partial charge >= 0.3 is 7.60 Å². The first-order chi connectivity index (χ1) is 14.6. The first-order valence-corrected chi connectivity index (χ1v) is 15.2. The molecule has 0 aliphatic carbocycles. The standard InChI is InChI=1S/C18H21Cl2N2O5PS3/c19-15-9-13(11-29-8-4-7-22-5-2-1-3-6-22)17(20)14-10-16(30-18(14)15)31(26,27)21-12-28(23,24)25/h1-3,5,9-10,21H,4,6-8,11-12H2,(H2,23,24,25). The summed E-state index contributed by atoms with van der Waals surface area (Å²) in [5.74, 6) is 1.58. The molecule has 1 aromatic carbocycles. The molecule has 0 saturated heterocycles. The molecular weight excluding hydrogens is 522 g/mol. The van der Waals surface area contributed by atoms with Gasteiger partial charge in [-0.1, -0.05) is 35.4 Å². The van der Waals surface area contributed by atoms with E-state index in [4.69, 9.17) is 33.0 Å². The van der Waals surface area contributed by atoms with Crippen molar-refractivity contribution < 1.29 is 22.8 Å². The van der Waals surface area contributed by atoms with Crippen molar-refractivity contribution in [2.45, 2.75) is 16.4 Å². The minimum Gasteiger partial charge on any atom is -0.374 e. The molecule has 1 aliphatic rings. The lowest BCUT2D eigenvalue weighted by Crippen LogP contribution is -2.23. The molecule has 13 heteroatoms. The summed E-state index contributed by atoms with van der Waals surface area (Å²) in [7, 11) is -8.62. The van der Waals surface area contributed by atoms with E-state index in [1.54, 1.807) is 17.8 Å². The molecule has 0 fully saturated rings. The second-order valence-corrected chi connectivity index (χ2v) is 13.4. The van der Waals surface area contributed by atoms with Crippen molar-refractivity contribution in [1.82, 2.24) is 9.62 Å². The van der Waals surface area contributed by atoms with Gasteiger partial charge in [0, 0.05) is 24.2 Å². The number of halogens is 2. The topological polar surface area (TPSA) is 107 Å². The zero-order valence-corrected chi connectivity index (χ0v) is 21.1. The van der Waals surface area contributed by atoms with Crippen LogP contribution in [0.4, 0.5) is 0 Å². The summed E-state index contributed by atoms with van der Waals surface area (Å²) in [6.45, 7) is 1.89. The van der Waals surface area contributed by atoms with Crippen LogP contribution >= 0.6 is 53.9 Å². The Hall–Kier alpha value is -0.550. The third-order valence-electron chi connectivity index (χ3n) is 4.35. The molecule has 2 aromatic rings. The van der Waals surface area contributed by atoms with Gasteiger partial charge in [-0.15, -0.1) is 11.3 Å². The van der Waals surface area contributed by atoms with E-state index in [1.165, 1.54) is 6.07 Å². The molecule has 31 heavy (non-hydrogen) atoms. The van der Waals surface area contributed by atoms with E-state index >= 15 is 0 Å². The van der Waals surface area contributed by atoms with E-state index in [0.717, 1.165) is 42.2 Å². The van der Waals surface area contributed by atoms with Crippen LogP contribution in [0.25, 0.3) is 10.1 Å². The Labute approximate surface area is 199 Å². The first-order valence-electron chi connectivity index (χ1n) is 9.16. The highest BCUT2D eigenvalue weighted by Crippen LogP contribution is 2.41. The highest BCUT2D eigenvalue weighted by molar-refractivity contribution is 7.98. The Morgan fingerprint density at radius 2 is 2.03 bits per heavy atom. The molecule has 0 amide bonds. The van der Waals surface area contributed by atoms with Crippen LogP contribution in [0.5, 0.6) is 0 Å².